The molecule has 0 saturated heterocycles. The summed E-state index contributed by atoms with van der Waals surface area (Å²) in [6, 6.07) is 7.75. The molecule has 1 atom stereocenters. The van der Waals surface area contributed by atoms with Gasteiger partial charge in [-0.15, -0.1) is 0 Å². The fraction of sp³-hybridized carbons (Fsp3) is 0.214. The molecule has 2 N–H and O–H groups in total. The third kappa shape index (κ3) is 3.37. The van der Waals surface area contributed by atoms with Crippen LogP contribution in [0.3, 0.4) is 0 Å². The Bertz CT molecular complexity index is 690. The van der Waals surface area contributed by atoms with Crippen LogP contribution in [-0.4, -0.2) is 16.6 Å². The van der Waals surface area contributed by atoms with Gasteiger partial charge in [0.2, 0.25) is 0 Å². The second-order valence-corrected chi connectivity index (χ2v) is 5.52. The summed E-state index contributed by atoms with van der Waals surface area (Å²) in [6.07, 6.45) is 0. The Kier molecular flexibility index (Phi) is 4.21. The smallest absolute Gasteiger partial charge is 0.270 e. The monoisotopic (exact) mass is 303 g/mol. The molecule has 0 aliphatic carbocycles. The van der Waals surface area contributed by atoms with Gasteiger partial charge in [-0.05, 0) is 35.4 Å². The minimum absolute atomic E-state index is 0.137. The van der Waals surface area contributed by atoms with Gasteiger partial charge in [0.05, 0.1) is 16.2 Å². The van der Waals surface area contributed by atoms with Crippen LogP contribution in [-0.2, 0) is 5.60 Å². The highest BCUT2D eigenvalue weighted by molar-refractivity contribution is 7.08. The molecule has 0 amide bonds. The molecule has 6 nitrogen and oxygen atoms in total. The normalized spacial score (nSPS) is 13.2. The molecule has 1 aromatic carbocycles. The molecule has 0 fully saturated rings. The quantitative estimate of drug-likeness (QED) is 0.653. The molecular weight excluding hydrogens is 290 g/mol. The van der Waals surface area contributed by atoms with E-state index in [1.165, 1.54) is 29.5 Å². The summed E-state index contributed by atoms with van der Waals surface area (Å²) in [7, 11) is 0. The van der Waals surface area contributed by atoms with Crippen LogP contribution in [0.25, 0.3) is 0 Å². The van der Waals surface area contributed by atoms with Crippen molar-refractivity contribution < 1.29 is 10.0 Å². The van der Waals surface area contributed by atoms with Crippen molar-refractivity contribution in [1.82, 2.24) is 0 Å². The van der Waals surface area contributed by atoms with E-state index in [0.29, 0.717) is 5.69 Å². The molecule has 1 heterocycles. The molecule has 2 rings (SSSR count). The predicted molar refractivity (Wildman–Crippen MR) is 80.2 cm³/mol. The number of thiophene rings is 1. The second kappa shape index (κ2) is 5.91. The van der Waals surface area contributed by atoms with Crippen molar-refractivity contribution in [2.24, 2.45) is 0 Å². The molecular formula is C14H13N3O3S. The lowest BCUT2D eigenvalue weighted by molar-refractivity contribution is -0.384. The number of nitrogens with one attached hydrogen (secondary N) is 1. The molecule has 0 radical (unpaired) electrons. The zero-order valence-electron chi connectivity index (χ0n) is 11.2. The van der Waals surface area contributed by atoms with Gasteiger partial charge >= 0.3 is 0 Å². The largest absolute Gasteiger partial charge is 0.384 e. The van der Waals surface area contributed by atoms with Gasteiger partial charge in [0.25, 0.3) is 5.69 Å². The number of anilines is 1. The van der Waals surface area contributed by atoms with Crippen LogP contribution in [0, 0.1) is 21.4 Å². The molecule has 21 heavy (non-hydrogen) atoms. The molecule has 0 aliphatic heterocycles. The third-order valence-electron chi connectivity index (χ3n) is 3.10. The van der Waals surface area contributed by atoms with Crippen LogP contribution in [0.1, 0.15) is 18.1 Å². The van der Waals surface area contributed by atoms with E-state index in [4.69, 9.17) is 5.26 Å². The maximum atomic E-state index is 10.7. The molecule has 7 heteroatoms. The van der Waals surface area contributed by atoms with Gasteiger partial charge in [-0.3, -0.25) is 10.1 Å². The molecule has 1 aromatic heterocycles. The fourth-order valence-electron chi connectivity index (χ4n) is 1.83. The number of aliphatic hydroxyl groups is 1. The van der Waals surface area contributed by atoms with Crippen LogP contribution >= 0.6 is 11.3 Å². The van der Waals surface area contributed by atoms with E-state index in [2.05, 4.69) is 5.32 Å². The first-order chi connectivity index (χ1) is 9.94. The number of nitrogens with zero attached hydrogens (tertiary/aromatic N) is 2. The van der Waals surface area contributed by atoms with Crippen LogP contribution in [0.2, 0.25) is 0 Å². The average Bonchev–Trinajstić information content (AvgIpc) is 3.00. The molecule has 108 valence electrons. The summed E-state index contributed by atoms with van der Waals surface area (Å²) in [5, 5.41) is 36.8. The van der Waals surface area contributed by atoms with Crippen LogP contribution in [0.4, 0.5) is 11.4 Å². The van der Waals surface area contributed by atoms with E-state index in [1.54, 1.807) is 6.92 Å². The van der Waals surface area contributed by atoms with Crippen LogP contribution in [0.5, 0.6) is 0 Å². The number of nitriles is 1. The number of nitro benzene ring substituents is 1. The molecule has 1 unspecified atom stereocenters. The summed E-state index contributed by atoms with van der Waals surface area (Å²) in [4.78, 5) is 10.1. The van der Waals surface area contributed by atoms with Crippen molar-refractivity contribution >= 4 is 22.7 Å². The zero-order valence-corrected chi connectivity index (χ0v) is 12.1. The maximum absolute atomic E-state index is 10.7. The lowest BCUT2D eigenvalue weighted by Crippen LogP contribution is -2.30. The predicted octanol–water partition coefficient (Wildman–Crippen LogP) is 2.85. The third-order valence-corrected chi connectivity index (χ3v) is 3.78. The van der Waals surface area contributed by atoms with Crippen molar-refractivity contribution in [2.45, 2.75) is 12.5 Å². The van der Waals surface area contributed by atoms with E-state index in [0.717, 1.165) is 5.56 Å². The van der Waals surface area contributed by atoms with E-state index < -0.39 is 10.5 Å². The van der Waals surface area contributed by atoms with E-state index >= 15 is 0 Å². The first-order valence-corrected chi connectivity index (χ1v) is 7.06. The zero-order chi connectivity index (χ0) is 15.5. The highest BCUT2D eigenvalue weighted by atomic mass is 32.1. The molecule has 0 aliphatic rings. The Morgan fingerprint density at radius 1 is 1.52 bits per heavy atom. The molecule has 2 aromatic rings. The summed E-state index contributed by atoms with van der Waals surface area (Å²) in [6.45, 7) is 1.86. The minimum atomic E-state index is -1.09. The van der Waals surface area contributed by atoms with Gasteiger partial charge in [0.1, 0.15) is 11.7 Å². The molecule has 0 bridgehead atoms. The first kappa shape index (κ1) is 15.0. The average molecular weight is 303 g/mol. The number of non-ortho nitro benzene ring substituents is 1. The SMILES string of the molecule is CC(O)(CNc1ccc([N+](=O)[O-])cc1C#N)c1ccsc1. The first-order valence-electron chi connectivity index (χ1n) is 6.11. The Balaban J connectivity index is 2.17. The van der Waals surface area contributed by atoms with Gasteiger partial charge < -0.3 is 10.4 Å². The number of nitro groups is 1. The second-order valence-electron chi connectivity index (χ2n) is 4.74. The number of hydrogen-bond acceptors (Lipinski definition) is 6. The lowest BCUT2D eigenvalue weighted by atomic mass is 9.99. The molecule has 0 spiro atoms. The van der Waals surface area contributed by atoms with Gasteiger partial charge in [0, 0.05) is 18.7 Å². The highest BCUT2D eigenvalue weighted by Crippen LogP contribution is 2.26. The Morgan fingerprint density at radius 2 is 2.29 bits per heavy atom. The van der Waals surface area contributed by atoms with E-state index in [-0.39, 0.29) is 17.8 Å². The number of hydrogen-bond donors (Lipinski definition) is 2. The van der Waals surface area contributed by atoms with Gasteiger partial charge in [0.15, 0.2) is 0 Å². The molecule has 0 saturated carbocycles. The Labute approximate surface area is 125 Å². The maximum Gasteiger partial charge on any atom is 0.270 e. The van der Waals surface area contributed by atoms with Crippen molar-refractivity contribution in [3.05, 3.63) is 56.3 Å². The summed E-state index contributed by atoms with van der Waals surface area (Å²) in [5.74, 6) is 0. The highest BCUT2D eigenvalue weighted by Gasteiger charge is 2.23. The Hall–Kier alpha value is -2.43. The minimum Gasteiger partial charge on any atom is -0.384 e. The topological polar surface area (TPSA) is 99.2 Å². The van der Waals surface area contributed by atoms with Crippen molar-refractivity contribution in [2.75, 3.05) is 11.9 Å². The van der Waals surface area contributed by atoms with Crippen molar-refractivity contribution in [3.63, 3.8) is 0 Å². The van der Waals surface area contributed by atoms with Crippen molar-refractivity contribution in [1.29, 1.82) is 5.26 Å². The van der Waals surface area contributed by atoms with E-state index in [9.17, 15) is 15.2 Å². The number of rotatable bonds is 5. The van der Waals surface area contributed by atoms with Crippen molar-refractivity contribution in [3.8, 4) is 6.07 Å². The van der Waals surface area contributed by atoms with Gasteiger partial charge in [-0.1, -0.05) is 0 Å². The fourth-order valence-corrected chi connectivity index (χ4v) is 2.62. The summed E-state index contributed by atoms with van der Waals surface area (Å²) < 4.78 is 0. The summed E-state index contributed by atoms with van der Waals surface area (Å²) in [5.41, 5.74) is 0.181. The lowest BCUT2D eigenvalue weighted by Gasteiger charge is -2.23. The summed E-state index contributed by atoms with van der Waals surface area (Å²) >= 11 is 1.49. The standard InChI is InChI=1S/C14H13N3O3S/c1-14(18,11-4-5-21-8-11)9-16-13-3-2-12(17(19)20)6-10(13)7-15/h2-6,8,16,18H,9H2,1H3. The van der Waals surface area contributed by atoms with Crippen LogP contribution < -0.4 is 5.32 Å². The van der Waals surface area contributed by atoms with E-state index in [1.807, 2.05) is 22.9 Å². The van der Waals surface area contributed by atoms with Crippen LogP contribution in [0.15, 0.2) is 35.0 Å². The number of benzene rings is 1. The van der Waals surface area contributed by atoms with Gasteiger partial charge in [-0.2, -0.15) is 16.6 Å². The Morgan fingerprint density at radius 3 is 2.86 bits per heavy atom. The van der Waals surface area contributed by atoms with Gasteiger partial charge in [-0.25, -0.2) is 0 Å².